The monoisotopic (exact) mass is 317 g/mol. The van der Waals surface area contributed by atoms with Gasteiger partial charge in [0.2, 0.25) is 5.91 Å². The van der Waals surface area contributed by atoms with Gasteiger partial charge in [-0.2, -0.15) is 0 Å². The first-order valence-corrected chi connectivity index (χ1v) is 8.56. The van der Waals surface area contributed by atoms with Crippen molar-refractivity contribution in [3.63, 3.8) is 0 Å². The van der Waals surface area contributed by atoms with Crippen LogP contribution in [-0.2, 0) is 16.1 Å². The molecule has 1 aromatic rings. The molecule has 5 heteroatoms. The van der Waals surface area contributed by atoms with Crippen molar-refractivity contribution in [1.82, 2.24) is 14.8 Å². The third-order valence-corrected chi connectivity index (χ3v) is 5.17. The highest BCUT2D eigenvalue weighted by Crippen LogP contribution is 2.40. The lowest BCUT2D eigenvalue weighted by Crippen LogP contribution is -2.48. The molecule has 2 aliphatic heterocycles. The molecule has 0 unspecified atom stereocenters. The molecule has 3 heterocycles. The SMILES string of the molecule is COCCN1CCC[C@@]2(CCN(Cc3cccc(C)n3)C2=O)C1. The number of aryl methyl sites for hydroxylation is 1. The highest BCUT2D eigenvalue weighted by atomic mass is 16.5. The van der Waals surface area contributed by atoms with Crippen molar-refractivity contribution in [1.29, 1.82) is 0 Å². The summed E-state index contributed by atoms with van der Waals surface area (Å²) in [5.41, 5.74) is 1.82. The molecule has 23 heavy (non-hydrogen) atoms. The lowest BCUT2D eigenvalue weighted by Gasteiger charge is -2.39. The number of hydrogen-bond acceptors (Lipinski definition) is 4. The van der Waals surface area contributed by atoms with Crippen molar-refractivity contribution in [2.75, 3.05) is 39.9 Å². The van der Waals surface area contributed by atoms with Gasteiger partial charge in [-0.05, 0) is 44.9 Å². The van der Waals surface area contributed by atoms with Crippen molar-refractivity contribution in [2.24, 2.45) is 5.41 Å². The largest absolute Gasteiger partial charge is 0.383 e. The molecule has 1 amide bonds. The van der Waals surface area contributed by atoms with Crippen molar-refractivity contribution in [2.45, 2.75) is 32.7 Å². The summed E-state index contributed by atoms with van der Waals surface area (Å²) in [6, 6.07) is 6.02. The third-order valence-electron chi connectivity index (χ3n) is 5.17. The number of carbonyl (C=O) groups is 1. The minimum atomic E-state index is -0.171. The van der Waals surface area contributed by atoms with Gasteiger partial charge in [-0.25, -0.2) is 0 Å². The number of methoxy groups -OCH3 is 1. The number of ether oxygens (including phenoxy) is 1. The number of nitrogens with zero attached hydrogens (tertiary/aromatic N) is 3. The Kier molecular flexibility index (Phi) is 4.97. The van der Waals surface area contributed by atoms with E-state index >= 15 is 0 Å². The zero-order chi connectivity index (χ0) is 16.3. The predicted molar refractivity (Wildman–Crippen MR) is 89.0 cm³/mol. The Morgan fingerprint density at radius 2 is 2.17 bits per heavy atom. The van der Waals surface area contributed by atoms with Crippen LogP contribution in [0.2, 0.25) is 0 Å². The van der Waals surface area contributed by atoms with Crippen molar-refractivity contribution < 1.29 is 9.53 Å². The quantitative estimate of drug-likeness (QED) is 0.831. The zero-order valence-corrected chi connectivity index (χ0v) is 14.3. The molecule has 1 atom stereocenters. The number of rotatable bonds is 5. The number of amides is 1. The Morgan fingerprint density at radius 1 is 1.30 bits per heavy atom. The molecule has 0 bridgehead atoms. The molecule has 1 aromatic heterocycles. The van der Waals surface area contributed by atoms with E-state index in [1.165, 1.54) is 0 Å². The van der Waals surface area contributed by atoms with E-state index in [4.69, 9.17) is 4.74 Å². The topological polar surface area (TPSA) is 45.7 Å². The molecule has 126 valence electrons. The predicted octanol–water partition coefficient (Wildman–Crippen LogP) is 1.85. The van der Waals surface area contributed by atoms with Crippen LogP contribution in [-0.4, -0.2) is 60.6 Å². The number of aromatic nitrogens is 1. The Hall–Kier alpha value is -1.46. The molecular formula is C18H27N3O2. The first-order chi connectivity index (χ1) is 11.1. The Bertz CT molecular complexity index is 563. The van der Waals surface area contributed by atoms with E-state index in [1.54, 1.807) is 7.11 Å². The van der Waals surface area contributed by atoms with Crippen LogP contribution in [0, 0.1) is 12.3 Å². The molecule has 0 saturated carbocycles. The average Bonchev–Trinajstić information content (AvgIpc) is 2.83. The van der Waals surface area contributed by atoms with Crippen LogP contribution in [0.25, 0.3) is 0 Å². The van der Waals surface area contributed by atoms with Crippen LogP contribution in [0.4, 0.5) is 0 Å². The molecule has 0 radical (unpaired) electrons. The minimum Gasteiger partial charge on any atom is -0.383 e. The fourth-order valence-corrected chi connectivity index (χ4v) is 3.94. The average molecular weight is 317 g/mol. The van der Waals surface area contributed by atoms with Gasteiger partial charge in [0, 0.05) is 32.4 Å². The number of likely N-dealkylation sites (tertiary alicyclic amines) is 2. The number of carbonyl (C=O) groups excluding carboxylic acids is 1. The van der Waals surface area contributed by atoms with Crippen molar-refractivity contribution in [3.05, 3.63) is 29.6 Å². The molecule has 5 nitrogen and oxygen atoms in total. The summed E-state index contributed by atoms with van der Waals surface area (Å²) in [7, 11) is 1.73. The van der Waals surface area contributed by atoms with Gasteiger partial charge < -0.3 is 9.64 Å². The normalized spacial score (nSPS) is 25.5. The summed E-state index contributed by atoms with van der Waals surface area (Å²) < 4.78 is 5.19. The van der Waals surface area contributed by atoms with Gasteiger partial charge in [-0.1, -0.05) is 6.07 Å². The standard InChI is InChI=1S/C18H27N3O2/c1-15-5-3-6-16(19-15)13-21-10-8-18(17(21)22)7-4-9-20(14-18)11-12-23-2/h3,5-6H,4,7-14H2,1-2H3/t18-/m1/s1. The second kappa shape index (κ2) is 6.97. The fraction of sp³-hybridized carbons (Fsp3) is 0.667. The maximum atomic E-state index is 13.0. The fourth-order valence-electron chi connectivity index (χ4n) is 3.94. The second-order valence-electron chi connectivity index (χ2n) is 6.90. The van der Waals surface area contributed by atoms with Crippen LogP contribution >= 0.6 is 0 Å². The van der Waals surface area contributed by atoms with Gasteiger partial charge in [0.15, 0.2) is 0 Å². The maximum Gasteiger partial charge on any atom is 0.230 e. The number of piperidine rings is 1. The lowest BCUT2D eigenvalue weighted by atomic mass is 9.78. The Balaban J connectivity index is 1.65. The molecule has 0 aliphatic carbocycles. The Labute approximate surface area is 138 Å². The van der Waals surface area contributed by atoms with Gasteiger partial charge in [-0.15, -0.1) is 0 Å². The van der Waals surface area contributed by atoms with Crippen LogP contribution in [0.3, 0.4) is 0 Å². The van der Waals surface area contributed by atoms with E-state index in [-0.39, 0.29) is 5.41 Å². The van der Waals surface area contributed by atoms with Crippen LogP contribution in [0.5, 0.6) is 0 Å². The minimum absolute atomic E-state index is 0.171. The molecule has 1 spiro atoms. The van der Waals surface area contributed by atoms with E-state index in [9.17, 15) is 4.79 Å². The summed E-state index contributed by atoms with van der Waals surface area (Å²) in [6.07, 6.45) is 3.10. The smallest absolute Gasteiger partial charge is 0.230 e. The van der Waals surface area contributed by atoms with Gasteiger partial charge in [0.05, 0.1) is 24.3 Å². The molecule has 0 aromatic carbocycles. The Morgan fingerprint density at radius 3 is 2.96 bits per heavy atom. The van der Waals surface area contributed by atoms with Crippen LogP contribution in [0.15, 0.2) is 18.2 Å². The zero-order valence-electron chi connectivity index (χ0n) is 14.3. The molecule has 2 aliphatic rings. The van der Waals surface area contributed by atoms with Gasteiger partial charge in [0.1, 0.15) is 0 Å². The maximum absolute atomic E-state index is 13.0. The number of hydrogen-bond donors (Lipinski definition) is 0. The highest BCUT2D eigenvalue weighted by Gasteiger charge is 2.48. The van der Waals surface area contributed by atoms with Gasteiger partial charge in [-0.3, -0.25) is 14.7 Å². The van der Waals surface area contributed by atoms with E-state index in [0.717, 1.165) is 63.4 Å². The summed E-state index contributed by atoms with van der Waals surface area (Å²) in [4.78, 5) is 22.0. The van der Waals surface area contributed by atoms with Crippen molar-refractivity contribution in [3.8, 4) is 0 Å². The molecule has 3 rings (SSSR count). The lowest BCUT2D eigenvalue weighted by molar-refractivity contribution is -0.139. The summed E-state index contributed by atoms with van der Waals surface area (Å²) in [5, 5.41) is 0. The third kappa shape index (κ3) is 3.56. The molecule has 2 fully saturated rings. The first kappa shape index (κ1) is 16.4. The van der Waals surface area contributed by atoms with Crippen LogP contribution in [0.1, 0.15) is 30.7 Å². The summed E-state index contributed by atoms with van der Waals surface area (Å²) in [5.74, 6) is 0.322. The number of pyridine rings is 1. The second-order valence-corrected chi connectivity index (χ2v) is 6.90. The van der Waals surface area contributed by atoms with Crippen LogP contribution < -0.4 is 0 Å². The van der Waals surface area contributed by atoms with E-state index < -0.39 is 0 Å². The summed E-state index contributed by atoms with van der Waals surface area (Å²) >= 11 is 0. The highest BCUT2D eigenvalue weighted by molar-refractivity contribution is 5.85. The summed E-state index contributed by atoms with van der Waals surface area (Å²) in [6.45, 7) is 7.11. The van der Waals surface area contributed by atoms with E-state index in [2.05, 4.69) is 9.88 Å². The van der Waals surface area contributed by atoms with Gasteiger partial charge in [0.25, 0.3) is 0 Å². The van der Waals surface area contributed by atoms with E-state index in [0.29, 0.717) is 12.5 Å². The van der Waals surface area contributed by atoms with Gasteiger partial charge >= 0.3 is 0 Å². The molecule has 0 N–H and O–H groups in total. The molecular weight excluding hydrogens is 290 g/mol. The van der Waals surface area contributed by atoms with E-state index in [1.807, 2.05) is 30.0 Å². The van der Waals surface area contributed by atoms with Crippen molar-refractivity contribution >= 4 is 5.91 Å². The molecule has 2 saturated heterocycles. The first-order valence-electron chi connectivity index (χ1n) is 8.56.